The molecule has 0 radical (unpaired) electrons. The van der Waals surface area contributed by atoms with Crippen LogP contribution in [0.4, 0.5) is 0 Å². The second kappa shape index (κ2) is 7.32. The average molecular weight is 315 g/mol. The highest BCUT2D eigenvalue weighted by atomic mass is 16.5. The van der Waals surface area contributed by atoms with E-state index in [4.69, 9.17) is 4.52 Å². The minimum absolute atomic E-state index is 0.0446. The number of carbonyl (C=O) groups excluding carboxylic acids is 1. The van der Waals surface area contributed by atoms with Gasteiger partial charge in [0.1, 0.15) is 0 Å². The van der Waals surface area contributed by atoms with E-state index in [0.29, 0.717) is 24.6 Å². The molecule has 1 amide bonds. The van der Waals surface area contributed by atoms with Crippen molar-refractivity contribution in [3.63, 3.8) is 0 Å². The second-order valence-electron chi connectivity index (χ2n) is 5.89. The Balaban J connectivity index is 1.47. The first-order valence-electron chi connectivity index (χ1n) is 7.91. The van der Waals surface area contributed by atoms with Crippen LogP contribution >= 0.6 is 0 Å². The summed E-state index contributed by atoms with van der Waals surface area (Å²) in [4.78, 5) is 22.6. The zero-order valence-corrected chi connectivity index (χ0v) is 13.2. The molecule has 3 rings (SSSR count). The Hall–Kier alpha value is -2.28. The predicted octanol–water partition coefficient (Wildman–Crippen LogP) is 1.27. The van der Waals surface area contributed by atoms with E-state index in [2.05, 4.69) is 32.4 Å². The van der Waals surface area contributed by atoms with Crippen LogP contribution in [0.5, 0.6) is 0 Å². The Labute approximate surface area is 135 Å². The number of piperidine rings is 1. The zero-order valence-electron chi connectivity index (χ0n) is 13.2. The second-order valence-corrected chi connectivity index (χ2v) is 5.89. The number of nitrogens with zero attached hydrogens (tertiary/aromatic N) is 4. The van der Waals surface area contributed by atoms with Crippen LogP contribution in [0.25, 0.3) is 11.4 Å². The molecule has 0 aromatic carbocycles. The van der Waals surface area contributed by atoms with Gasteiger partial charge in [-0.05, 0) is 45.1 Å². The van der Waals surface area contributed by atoms with Crippen LogP contribution in [0.2, 0.25) is 0 Å². The van der Waals surface area contributed by atoms with Crippen LogP contribution in [0.1, 0.15) is 25.2 Å². The molecule has 0 spiro atoms. The third-order valence-corrected chi connectivity index (χ3v) is 4.06. The molecule has 0 unspecified atom stereocenters. The van der Waals surface area contributed by atoms with E-state index in [-0.39, 0.29) is 11.9 Å². The van der Waals surface area contributed by atoms with Crippen LogP contribution < -0.4 is 5.32 Å². The molecular formula is C16H21N5O2. The molecular weight excluding hydrogens is 294 g/mol. The van der Waals surface area contributed by atoms with Gasteiger partial charge in [0, 0.05) is 36.8 Å². The van der Waals surface area contributed by atoms with Crippen LogP contribution in [-0.4, -0.2) is 52.1 Å². The number of hydrogen-bond donors (Lipinski definition) is 1. The molecule has 122 valence electrons. The molecule has 0 saturated carbocycles. The van der Waals surface area contributed by atoms with Crippen molar-refractivity contribution >= 4 is 5.91 Å². The number of rotatable bonds is 5. The van der Waals surface area contributed by atoms with Gasteiger partial charge in [0.2, 0.25) is 17.6 Å². The molecule has 0 atom stereocenters. The van der Waals surface area contributed by atoms with Crippen molar-refractivity contribution in [2.75, 3.05) is 20.1 Å². The van der Waals surface area contributed by atoms with Crippen molar-refractivity contribution in [2.24, 2.45) is 0 Å². The largest absolute Gasteiger partial charge is 0.353 e. The lowest BCUT2D eigenvalue weighted by Crippen LogP contribution is -2.43. The Bertz CT molecular complexity index is 635. The highest BCUT2D eigenvalue weighted by molar-refractivity contribution is 5.76. The molecule has 7 nitrogen and oxygen atoms in total. The van der Waals surface area contributed by atoms with Gasteiger partial charge in [0.15, 0.2) is 0 Å². The SMILES string of the molecule is CN1CCC(NC(=O)CCc2nc(-c3ccncc3)no2)CC1. The summed E-state index contributed by atoms with van der Waals surface area (Å²) in [6.45, 7) is 2.06. The Morgan fingerprint density at radius 3 is 2.83 bits per heavy atom. The third-order valence-electron chi connectivity index (χ3n) is 4.06. The van der Waals surface area contributed by atoms with Gasteiger partial charge in [-0.25, -0.2) is 0 Å². The number of amides is 1. The van der Waals surface area contributed by atoms with Crippen molar-refractivity contribution in [3.05, 3.63) is 30.4 Å². The summed E-state index contributed by atoms with van der Waals surface area (Å²) in [7, 11) is 2.11. The van der Waals surface area contributed by atoms with Crippen molar-refractivity contribution in [1.29, 1.82) is 0 Å². The third kappa shape index (κ3) is 4.35. The lowest BCUT2D eigenvalue weighted by Gasteiger charge is -2.29. The van der Waals surface area contributed by atoms with Gasteiger partial charge >= 0.3 is 0 Å². The van der Waals surface area contributed by atoms with Crippen LogP contribution in [0.3, 0.4) is 0 Å². The van der Waals surface area contributed by atoms with E-state index >= 15 is 0 Å². The quantitative estimate of drug-likeness (QED) is 0.894. The van der Waals surface area contributed by atoms with Gasteiger partial charge < -0.3 is 14.7 Å². The molecule has 2 aromatic heterocycles. The van der Waals surface area contributed by atoms with Crippen LogP contribution in [0, 0.1) is 0 Å². The molecule has 3 heterocycles. The monoisotopic (exact) mass is 315 g/mol. The summed E-state index contributed by atoms with van der Waals surface area (Å²) in [5.74, 6) is 1.05. The summed E-state index contributed by atoms with van der Waals surface area (Å²) in [6.07, 6.45) is 6.20. The standard InChI is InChI=1S/C16H21N5O2/c1-21-10-6-13(7-11-21)18-14(22)2-3-15-19-16(20-23-15)12-4-8-17-9-5-12/h4-5,8-9,13H,2-3,6-7,10-11H2,1H3,(H,18,22). The van der Waals surface area contributed by atoms with Gasteiger partial charge in [-0.1, -0.05) is 5.16 Å². The summed E-state index contributed by atoms with van der Waals surface area (Å²) in [6, 6.07) is 3.93. The number of aromatic nitrogens is 3. The van der Waals surface area contributed by atoms with Gasteiger partial charge in [0.05, 0.1) is 0 Å². The van der Waals surface area contributed by atoms with Crippen LogP contribution in [-0.2, 0) is 11.2 Å². The van der Waals surface area contributed by atoms with E-state index in [0.717, 1.165) is 31.5 Å². The van der Waals surface area contributed by atoms with E-state index in [9.17, 15) is 4.79 Å². The lowest BCUT2D eigenvalue weighted by molar-refractivity contribution is -0.122. The number of likely N-dealkylation sites (tertiary alicyclic amines) is 1. The number of nitrogens with one attached hydrogen (secondary N) is 1. The molecule has 1 N–H and O–H groups in total. The number of aryl methyl sites for hydroxylation is 1. The summed E-state index contributed by atoms with van der Waals surface area (Å²) >= 11 is 0. The Morgan fingerprint density at radius 2 is 2.09 bits per heavy atom. The zero-order chi connectivity index (χ0) is 16.1. The normalized spacial score (nSPS) is 16.4. The minimum Gasteiger partial charge on any atom is -0.353 e. The first kappa shape index (κ1) is 15.6. The molecule has 2 aromatic rings. The van der Waals surface area contributed by atoms with Crippen molar-refractivity contribution < 1.29 is 9.32 Å². The predicted molar refractivity (Wildman–Crippen MR) is 84.5 cm³/mol. The first-order valence-corrected chi connectivity index (χ1v) is 7.91. The topological polar surface area (TPSA) is 84.2 Å². The fourth-order valence-electron chi connectivity index (χ4n) is 2.65. The molecule has 1 aliphatic rings. The van der Waals surface area contributed by atoms with Gasteiger partial charge in [-0.15, -0.1) is 0 Å². The maximum Gasteiger partial charge on any atom is 0.227 e. The van der Waals surface area contributed by atoms with Crippen molar-refractivity contribution in [2.45, 2.75) is 31.7 Å². The fraction of sp³-hybridized carbons (Fsp3) is 0.500. The summed E-state index contributed by atoms with van der Waals surface area (Å²) in [5.41, 5.74) is 0.853. The van der Waals surface area contributed by atoms with E-state index in [1.807, 2.05) is 12.1 Å². The molecule has 0 aliphatic carbocycles. The van der Waals surface area contributed by atoms with E-state index in [1.165, 1.54) is 0 Å². The fourth-order valence-corrected chi connectivity index (χ4v) is 2.65. The minimum atomic E-state index is 0.0446. The lowest BCUT2D eigenvalue weighted by atomic mass is 10.1. The molecule has 1 aliphatic heterocycles. The molecule has 23 heavy (non-hydrogen) atoms. The maximum absolute atomic E-state index is 12.0. The van der Waals surface area contributed by atoms with Crippen molar-refractivity contribution in [1.82, 2.24) is 25.3 Å². The molecule has 0 bridgehead atoms. The maximum atomic E-state index is 12.0. The van der Waals surface area contributed by atoms with Gasteiger partial charge in [-0.2, -0.15) is 4.98 Å². The average Bonchev–Trinajstić information content (AvgIpc) is 3.05. The van der Waals surface area contributed by atoms with Crippen LogP contribution in [0.15, 0.2) is 29.0 Å². The van der Waals surface area contributed by atoms with Gasteiger partial charge in [0.25, 0.3) is 0 Å². The molecule has 1 saturated heterocycles. The molecule has 1 fully saturated rings. The Morgan fingerprint density at radius 1 is 1.35 bits per heavy atom. The highest BCUT2D eigenvalue weighted by Gasteiger charge is 2.18. The smallest absolute Gasteiger partial charge is 0.227 e. The number of carbonyl (C=O) groups is 1. The Kier molecular flexibility index (Phi) is 4.97. The molecule has 7 heteroatoms. The van der Waals surface area contributed by atoms with Crippen molar-refractivity contribution in [3.8, 4) is 11.4 Å². The number of pyridine rings is 1. The van der Waals surface area contributed by atoms with E-state index in [1.54, 1.807) is 12.4 Å². The highest BCUT2D eigenvalue weighted by Crippen LogP contribution is 2.15. The van der Waals surface area contributed by atoms with Gasteiger partial charge in [-0.3, -0.25) is 9.78 Å². The first-order chi connectivity index (χ1) is 11.2. The number of hydrogen-bond acceptors (Lipinski definition) is 6. The summed E-state index contributed by atoms with van der Waals surface area (Å²) in [5, 5.41) is 7.02. The summed E-state index contributed by atoms with van der Waals surface area (Å²) < 4.78 is 5.21. The van der Waals surface area contributed by atoms with E-state index < -0.39 is 0 Å².